The van der Waals surface area contributed by atoms with E-state index in [-0.39, 0.29) is 11.5 Å². The standard InChI is InChI=1S/C22H17FN6O/c23-16-5-3-4-15(12-16)22(30)28-18-9-7-17(8-10-18)27-20-13-21(26-14-25-20)29-19-6-1-2-11-24-19/h1-14H,(H,28,30)(H2,24,25,26,27,29). The molecule has 0 saturated heterocycles. The zero-order valence-corrected chi connectivity index (χ0v) is 15.7. The molecule has 0 fully saturated rings. The van der Waals surface area contributed by atoms with Crippen molar-refractivity contribution in [2.45, 2.75) is 0 Å². The molecule has 7 nitrogen and oxygen atoms in total. The molecular weight excluding hydrogens is 383 g/mol. The highest BCUT2D eigenvalue weighted by atomic mass is 19.1. The van der Waals surface area contributed by atoms with Gasteiger partial charge in [-0.2, -0.15) is 0 Å². The molecule has 0 spiro atoms. The summed E-state index contributed by atoms with van der Waals surface area (Å²) in [5.74, 6) is 1.05. The van der Waals surface area contributed by atoms with Gasteiger partial charge in [-0.15, -0.1) is 0 Å². The molecule has 0 bridgehead atoms. The number of carbonyl (C=O) groups is 1. The molecule has 0 radical (unpaired) electrons. The van der Waals surface area contributed by atoms with E-state index in [4.69, 9.17) is 0 Å². The number of aromatic nitrogens is 3. The molecule has 0 unspecified atom stereocenters. The van der Waals surface area contributed by atoms with E-state index in [1.165, 1.54) is 24.5 Å². The molecule has 0 aliphatic carbocycles. The number of hydrogen-bond acceptors (Lipinski definition) is 6. The molecule has 4 rings (SSSR count). The highest BCUT2D eigenvalue weighted by Gasteiger charge is 2.07. The van der Waals surface area contributed by atoms with Crippen LogP contribution in [-0.2, 0) is 0 Å². The van der Waals surface area contributed by atoms with Gasteiger partial charge >= 0.3 is 0 Å². The minimum absolute atomic E-state index is 0.256. The number of anilines is 5. The van der Waals surface area contributed by atoms with Gasteiger partial charge in [0.25, 0.3) is 5.91 Å². The van der Waals surface area contributed by atoms with Crippen LogP contribution in [0.3, 0.4) is 0 Å². The maximum absolute atomic E-state index is 13.3. The van der Waals surface area contributed by atoms with Crippen LogP contribution in [0.5, 0.6) is 0 Å². The van der Waals surface area contributed by atoms with Gasteiger partial charge in [0.05, 0.1) is 0 Å². The summed E-state index contributed by atoms with van der Waals surface area (Å²) in [4.78, 5) is 24.8. The number of hydrogen-bond donors (Lipinski definition) is 3. The molecule has 0 aliphatic rings. The Kier molecular flexibility index (Phi) is 5.56. The Morgan fingerprint density at radius 3 is 2.23 bits per heavy atom. The summed E-state index contributed by atoms with van der Waals surface area (Å²) in [6, 6.07) is 19.9. The summed E-state index contributed by atoms with van der Waals surface area (Å²) < 4.78 is 13.3. The van der Waals surface area contributed by atoms with Crippen molar-refractivity contribution < 1.29 is 9.18 Å². The lowest BCUT2D eigenvalue weighted by atomic mass is 10.2. The summed E-state index contributed by atoms with van der Waals surface area (Å²) in [5, 5.41) is 9.02. The number of nitrogens with one attached hydrogen (secondary N) is 3. The van der Waals surface area contributed by atoms with Gasteiger partial charge in [0.15, 0.2) is 0 Å². The summed E-state index contributed by atoms with van der Waals surface area (Å²) in [5.41, 5.74) is 1.63. The van der Waals surface area contributed by atoms with E-state index in [2.05, 4.69) is 30.9 Å². The number of amides is 1. The average molecular weight is 400 g/mol. The molecule has 0 aliphatic heterocycles. The lowest BCUT2D eigenvalue weighted by Gasteiger charge is -2.10. The molecule has 3 N–H and O–H groups in total. The zero-order chi connectivity index (χ0) is 20.8. The fourth-order valence-corrected chi connectivity index (χ4v) is 2.68. The van der Waals surface area contributed by atoms with Crippen LogP contribution in [0.1, 0.15) is 10.4 Å². The molecule has 2 aromatic carbocycles. The predicted molar refractivity (Wildman–Crippen MR) is 114 cm³/mol. The molecule has 8 heteroatoms. The second kappa shape index (κ2) is 8.78. The van der Waals surface area contributed by atoms with E-state index < -0.39 is 5.82 Å². The monoisotopic (exact) mass is 400 g/mol. The van der Waals surface area contributed by atoms with Crippen LogP contribution in [0.25, 0.3) is 0 Å². The quantitative estimate of drug-likeness (QED) is 0.433. The normalized spacial score (nSPS) is 10.3. The number of halogens is 1. The van der Waals surface area contributed by atoms with Crippen molar-refractivity contribution in [3.05, 3.63) is 96.7 Å². The highest BCUT2D eigenvalue weighted by Crippen LogP contribution is 2.20. The van der Waals surface area contributed by atoms with Crippen LogP contribution in [-0.4, -0.2) is 20.9 Å². The first-order chi connectivity index (χ1) is 14.7. The maximum Gasteiger partial charge on any atom is 0.255 e. The first-order valence-electron chi connectivity index (χ1n) is 9.10. The molecule has 0 atom stereocenters. The van der Waals surface area contributed by atoms with Gasteiger partial charge in [0.1, 0.15) is 29.6 Å². The molecule has 1 amide bonds. The molecule has 4 aromatic rings. The first kappa shape index (κ1) is 19.0. The second-order valence-electron chi connectivity index (χ2n) is 6.30. The Morgan fingerprint density at radius 1 is 0.733 bits per heavy atom. The molecule has 148 valence electrons. The summed E-state index contributed by atoms with van der Waals surface area (Å²) in [6.07, 6.45) is 3.14. The van der Waals surface area contributed by atoms with Crippen LogP contribution in [0, 0.1) is 5.82 Å². The molecule has 30 heavy (non-hydrogen) atoms. The van der Waals surface area contributed by atoms with Gasteiger partial charge in [-0.05, 0) is 54.6 Å². The molecule has 0 saturated carbocycles. The maximum atomic E-state index is 13.3. The van der Waals surface area contributed by atoms with E-state index in [1.807, 2.05) is 18.2 Å². The van der Waals surface area contributed by atoms with Crippen molar-refractivity contribution in [2.75, 3.05) is 16.0 Å². The lowest BCUT2D eigenvalue weighted by Crippen LogP contribution is -2.11. The predicted octanol–water partition coefficient (Wildman–Crippen LogP) is 4.75. The van der Waals surface area contributed by atoms with Gasteiger partial charge in [-0.1, -0.05) is 12.1 Å². The van der Waals surface area contributed by atoms with Crippen molar-refractivity contribution in [1.29, 1.82) is 0 Å². The Morgan fingerprint density at radius 2 is 1.50 bits per heavy atom. The first-order valence-corrected chi connectivity index (χ1v) is 9.10. The van der Waals surface area contributed by atoms with Gasteiger partial charge in [-0.3, -0.25) is 4.79 Å². The SMILES string of the molecule is O=C(Nc1ccc(Nc2cc(Nc3ccccn3)ncn2)cc1)c1cccc(F)c1. The van der Waals surface area contributed by atoms with E-state index >= 15 is 0 Å². The molecular formula is C22H17FN6O. The topological polar surface area (TPSA) is 91.8 Å². The molecule has 2 aromatic heterocycles. The third-order valence-corrected chi connectivity index (χ3v) is 4.09. The van der Waals surface area contributed by atoms with E-state index in [0.717, 1.165) is 5.69 Å². The van der Waals surface area contributed by atoms with Crippen molar-refractivity contribution in [2.24, 2.45) is 0 Å². The third-order valence-electron chi connectivity index (χ3n) is 4.09. The summed E-state index contributed by atoms with van der Waals surface area (Å²) in [7, 11) is 0. The van der Waals surface area contributed by atoms with Gasteiger partial charge in [0.2, 0.25) is 0 Å². The van der Waals surface area contributed by atoms with E-state index in [1.54, 1.807) is 42.6 Å². The fraction of sp³-hybridized carbons (Fsp3) is 0. The largest absolute Gasteiger partial charge is 0.340 e. The minimum atomic E-state index is -0.455. The van der Waals surface area contributed by atoms with Crippen LogP contribution < -0.4 is 16.0 Å². The average Bonchev–Trinajstić information content (AvgIpc) is 2.76. The molecule has 2 heterocycles. The van der Waals surface area contributed by atoms with Crippen molar-refractivity contribution >= 4 is 34.7 Å². The number of pyridine rings is 1. The summed E-state index contributed by atoms with van der Waals surface area (Å²) in [6.45, 7) is 0. The number of nitrogens with zero attached hydrogens (tertiary/aromatic N) is 3. The minimum Gasteiger partial charge on any atom is -0.340 e. The van der Waals surface area contributed by atoms with Crippen LogP contribution in [0.2, 0.25) is 0 Å². The van der Waals surface area contributed by atoms with Gasteiger partial charge in [0, 0.05) is 29.2 Å². The lowest BCUT2D eigenvalue weighted by molar-refractivity contribution is 0.102. The van der Waals surface area contributed by atoms with Crippen molar-refractivity contribution in [1.82, 2.24) is 15.0 Å². The Balaban J connectivity index is 1.40. The van der Waals surface area contributed by atoms with Crippen LogP contribution in [0.4, 0.5) is 33.2 Å². The Bertz CT molecular complexity index is 1150. The fourth-order valence-electron chi connectivity index (χ4n) is 2.68. The number of carbonyl (C=O) groups excluding carboxylic acids is 1. The Hall–Kier alpha value is -4.33. The van der Waals surface area contributed by atoms with Crippen molar-refractivity contribution in [3.63, 3.8) is 0 Å². The van der Waals surface area contributed by atoms with E-state index in [0.29, 0.717) is 23.1 Å². The van der Waals surface area contributed by atoms with E-state index in [9.17, 15) is 9.18 Å². The highest BCUT2D eigenvalue weighted by molar-refractivity contribution is 6.04. The zero-order valence-electron chi connectivity index (χ0n) is 15.7. The van der Waals surface area contributed by atoms with Gasteiger partial charge in [-0.25, -0.2) is 19.3 Å². The third kappa shape index (κ3) is 4.93. The smallest absolute Gasteiger partial charge is 0.255 e. The second-order valence-corrected chi connectivity index (χ2v) is 6.30. The van der Waals surface area contributed by atoms with Gasteiger partial charge < -0.3 is 16.0 Å². The summed E-state index contributed by atoms with van der Waals surface area (Å²) >= 11 is 0. The number of rotatable bonds is 6. The van der Waals surface area contributed by atoms with Crippen LogP contribution in [0.15, 0.2) is 85.3 Å². The number of benzene rings is 2. The van der Waals surface area contributed by atoms with Crippen molar-refractivity contribution in [3.8, 4) is 0 Å². The Labute approximate surface area is 172 Å². The van der Waals surface area contributed by atoms with Crippen LogP contribution >= 0.6 is 0 Å².